The van der Waals surface area contributed by atoms with E-state index in [1.807, 2.05) is 41.3 Å². The molecular formula is C41H40ClF2N11O4. The van der Waals surface area contributed by atoms with Gasteiger partial charge in [0.1, 0.15) is 0 Å². The summed E-state index contributed by atoms with van der Waals surface area (Å²) in [5, 5.41) is 13.0. The van der Waals surface area contributed by atoms with Gasteiger partial charge in [-0.3, -0.25) is 34.5 Å². The van der Waals surface area contributed by atoms with E-state index in [4.69, 9.17) is 21.7 Å². The second-order valence-electron chi connectivity index (χ2n) is 15.4. The van der Waals surface area contributed by atoms with Crippen LogP contribution in [0.4, 0.5) is 36.5 Å². The molecule has 0 saturated carbocycles. The highest BCUT2D eigenvalue weighted by Crippen LogP contribution is 2.51. The summed E-state index contributed by atoms with van der Waals surface area (Å²) in [6.07, 6.45) is 4.27. The van der Waals surface area contributed by atoms with Crippen molar-refractivity contribution in [3.8, 4) is 11.3 Å². The molecule has 0 unspecified atom stereocenters. The molecule has 0 atom stereocenters. The minimum Gasteiger partial charge on any atom is -0.385 e. The molecule has 0 aliphatic carbocycles. The van der Waals surface area contributed by atoms with Crippen LogP contribution in [0.25, 0.3) is 16.9 Å². The van der Waals surface area contributed by atoms with E-state index in [-0.39, 0.29) is 61.2 Å². The predicted octanol–water partition coefficient (Wildman–Crippen LogP) is 4.97. The number of alkyl halides is 2. The third kappa shape index (κ3) is 6.57. The first kappa shape index (κ1) is 38.3. The Morgan fingerprint density at radius 2 is 1.73 bits per heavy atom. The molecule has 3 aromatic heterocycles. The molecular weight excluding hydrogens is 784 g/mol. The number of carbonyl (C=O) groups is 4. The van der Waals surface area contributed by atoms with E-state index < -0.39 is 35.7 Å². The normalized spacial score (nSPS) is 18.5. The Balaban J connectivity index is 0.849. The lowest BCUT2D eigenvalue weighted by atomic mass is 9.69. The molecule has 3 N–H and O–H groups in total. The van der Waals surface area contributed by atoms with Crippen LogP contribution in [0, 0.1) is 5.41 Å². The zero-order chi connectivity index (χ0) is 41.2. The Bertz CT molecular complexity index is 2540. The summed E-state index contributed by atoms with van der Waals surface area (Å²) in [7, 11) is 3.37. The number of likely N-dealkylation sites (tertiary alicyclic amines) is 2. The van der Waals surface area contributed by atoms with Crippen LogP contribution in [0.3, 0.4) is 0 Å². The Hall–Kier alpha value is -6.20. The molecule has 5 amide bonds. The summed E-state index contributed by atoms with van der Waals surface area (Å²) in [6.45, 7) is 1.06. The van der Waals surface area contributed by atoms with Crippen LogP contribution in [-0.4, -0.2) is 112 Å². The van der Waals surface area contributed by atoms with Gasteiger partial charge in [0.15, 0.2) is 17.2 Å². The molecule has 304 valence electrons. The first-order valence-electron chi connectivity index (χ1n) is 19.3. The highest BCUT2D eigenvalue weighted by Gasteiger charge is 2.62. The minimum absolute atomic E-state index is 0.0717. The quantitative estimate of drug-likeness (QED) is 0.195. The average molecular weight is 824 g/mol. The molecule has 1 spiro atoms. The standard InChI is InChI=1S/C41H40ClF2N11O4/c1-45-30-17-34(50-55-33(37(57)46-2)19-48-36(30)55)53-13-10-27-26(4-3-5-31(27)53)29-9-6-24(18-47-29)20-51-21-40(22-51)12-15-52(23-41(40,43)44)38(58)25-7-8-28(42)32(16-25)54-14-11-35(56)49-39(54)59/h3-9,16-19,45H,10-15,20-23H2,1-2H3,(H,46,57)(H,49,56,59). The van der Waals surface area contributed by atoms with Crippen molar-refractivity contribution in [2.45, 2.75) is 31.7 Å². The number of pyridine rings is 1. The molecule has 4 aliphatic heterocycles. The van der Waals surface area contributed by atoms with Gasteiger partial charge in [-0.2, -0.15) is 0 Å². The summed E-state index contributed by atoms with van der Waals surface area (Å²) in [6, 6.07) is 15.6. The number of anilines is 4. The maximum Gasteiger partial charge on any atom is 0.328 e. The number of piperidine rings is 1. The van der Waals surface area contributed by atoms with Gasteiger partial charge in [-0.1, -0.05) is 29.8 Å². The zero-order valence-corrected chi connectivity index (χ0v) is 33.0. The lowest BCUT2D eigenvalue weighted by Gasteiger charge is -2.57. The van der Waals surface area contributed by atoms with Gasteiger partial charge in [-0.05, 0) is 54.3 Å². The number of nitrogens with one attached hydrogen (secondary N) is 3. The SMILES string of the molecule is CNC(=O)c1cnc2c(NC)cc(N3CCc4c(-c5ccc(CN6CC7(CCN(C(=O)c8ccc(Cl)c(N9CCC(=O)NC9=O)c8)CC7(F)F)C6)cn5)cccc43)nn12. The predicted molar refractivity (Wildman–Crippen MR) is 216 cm³/mol. The van der Waals surface area contributed by atoms with Crippen molar-refractivity contribution in [3.63, 3.8) is 0 Å². The molecule has 0 bridgehead atoms. The monoisotopic (exact) mass is 823 g/mol. The fraction of sp³-hybridized carbons (Fsp3) is 0.341. The van der Waals surface area contributed by atoms with Gasteiger partial charge in [-0.15, -0.1) is 5.10 Å². The first-order chi connectivity index (χ1) is 28.4. The van der Waals surface area contributed by atoms with Crippen molar-refractivity contribution in [2.75, 3.05) is 68.5 Å². The van der Waals surface area contributed by atoms with Crippen LogP contribution in [0.1, 0.15) is 44.8 Å². The molecule has 2 aromatic carbocycles. The summed E-state index contributed by atoms with van der Waals surface area (Å²) in [4.78, 5) is 65.8. The minimum atomic E-state index is -3.12. The van der Waals surface area contributed by atoms with Crippen LogP contribution >= 0.6 is 11.6 Å². The fourth-order valence-electron chi connectivity index (χ4n) is 8.73. The number of benzene rings is 2. The van der Waals surface area contributed by atoms with Crippen molar-refractivity contribution in [1.29, 1.82) is 0 Å². The lowest BCUT2D eigenvalue weighted by Crippen LogP contribution is -2.70. The number of urea groups is 1. The van der Waals surface area contributed by atoms with Crippen molar-refractivity contribution < 1.29 is 28.0 Å². The molecule has 3 fully saturated rings. The van der Waals surface area contributed by atoms with Crippen molar-refractivity contribution in [3.05, 3.63) is 94.4 Å². The number of hydrogen-bond acceptors (Lipinski definition) is 10. The number of nitrogens with zero attached hydrogens (tertiary/aromatic N) is 8. The van der Waals surface area contributed by atoms with Gasteiger partial charge in [0.25, 0.3) is 17.7 Å². The molecule has 7 heterocycles. The van der Waals surface area contributed by atoms with E-state index in [1.165, 1.54) is 34.2 Å². The van der Waals surface area contributed by atoms with Crippen molar-refractivity contribution in [2.24, 2.45) is 5.41 Å². The fourth-order valence-corrected chi connectivity index (χ4v) is 8.95. The Kier molecular flexibility index (Phi) is 9.46. The van der Waals surface area contributed by atoms with Crippen LogP contribution in [-0.2, 0) is 17.8 Å². The summed E-state index contributed by atoms with van der Waals surface area (Å²) >= 11 is 6.34. The van der Waals surface area contributed by atoms with Gasteiger partial charge in [-0.25, -0.2) is 23.1 Å². The highest BCUT2D eigenvalue weighted by molar-refractivity contribution is 6.34. The number of imide groups is 1. The number of amides is 5. The number of aromatic nitrogens is 4. The van der Waals surface area contributed by atoms with Crippen LogP contribution in [0.2, 0.25) is 5.02 Å². The molecule has 59 heavy (non-hydrogen) atoms. The Morgan fingerprint density at radius 3 is 2.46 bits per heavy atom. The van der Waals surface area contributed by atoms with Crippen molar-refractivity contribution >= 4 is 63.9 Å². The number of carbonyl (C=O) groups excluding carboxylic acids is 4. The third-order valence-electron chi connectivity index (χ3n) is 11.9. The van der Waals surface area contributed by atoms with Crippen LogP contribution in [0.15, 0.2) is 67.0 Å². The van der Waals surface area contributed by atoms with E-state index >= 15 is 8.78 Å². The smallest absolute Gasteiger partial charge is 0.328 e. The van der Waals surface area contributed by atoms with E-state index in [0.29, 0.717) is 30.2 Å². The van der Waals surface area contributed by atoms with E-state index in [9.17, 15) is 19.2 Å². The molecule has 9 rings (SSSR count). The second kappa shape index (κ2) is 14.6. The number of hydrogen-bond donors (Lipinski definition) is 3. The second-order valence-corrected chi connectivity index (χ2v) is 15.8. The molecule has 3 saturated heterocycles. The Morgan fingerprint density at radius 1 is 0.915 bits per heavy atom. The lowest BCUT2D eigenvalue weighted by molar-refractivity contribution is -0.220. The van der Waals surface area contributed by atoms with Gasteiger partial charge < -0.3 is 20.4 Å². The average Bonchev–Trinajstić information content (AvgIpc) is 3.86. The summed E-state index contributed by atoms with van der Waals surface area (Å²) in [5.41, 5.74) is 5.55. The number of imidazole rings is 1. The maximum absolute atomic E-state index is 15.9. The maximum atomic E-state index is 15.9. The number of halogens is 3. The van der Waals surface area contributed by atoms with E-state index in [0.717, 1.165) is 40.2 Å². The molecule has 5 aromatic rings. The summed E-state index contributed by atoms with van der Waals surface area (Å²) in [5.74, 6) is -3.72. The van der Waals surface area contributed by atoms with Gasteiger partial charge in [0.2, 0.25) is 5.91 Å². The molecule has 4 aliphatic rings. The first-order valence-corrected chi connectivity index (χ1v) is 19.7. The molecule has 0 radical (unpaired) electrons. The number of fused-ring (bicyclic) bond motifs is 2. The van der Waals surface area contributed by atoms with Gasteiger partial charge in [0, 0.05) is 88.9 Å². The topological polar surface area (TPSA) is 160 Å². The van der Waals surface area contributed by atoms with Crippen LogP contribution in [0.5, 0.6) is 0 Å². The third-order valence-corrected chi connectivity index (χ3v) is 12.2. The summed E-state index contributed by atoms with van der Waals surface area (Å²) < 4.78 is 33.4. The van der Waals surface area contributed by atoms with E-state index in [1.54, 1.807) is 24.8 Å². The van der Waals surface area contributed by atoms with Crippen molar-refractivity contribution in [1.82, 2.24) is 40.0 Å². The number of rotatable bonds is 8. The molecule has 18 heteroatoms. The van der Waals surface area contributed by atoms with Crippen LogP contribution < -0.4 is 25.8 Å². The Labute approximate surface area is 342 Å². The van der Waals surface area contributed by atoms with E-state index in [2.05, 4.69) is 25.8 Å². The zero-order valence-electron chi connectivity index (χ0n) is 32.3. The van der Waals surface area contributed by atoms with Gasteiger partial charge in [0.05, 0.1) is 40.2 Å². The van der Waals surface area contributed by atoms with Gasteiger partial charge >= 0.3 is 6.03 Å². The molecule has 15 nitrogen and oxygen atoms in total. The highest BCUT2D eigenvalue weighted by atomic mass is 35.5. The largest absolute Gasteiger partial charge is 0.385 e.